The summed E-state index contributed by atoms with van der Waals surface area (Å²) in [5, 5.41) is 18.1. The minimum absolute atomic E-state index is 0.0375. The van der Waals surface area contributed by atoms with Crippen LogP contribution in [-0.4, -0.2) is 34.8 Å². The van der Waals surface area contributed by atoms with Gasteiger partial charge in [-0.25, -0.2) is 13.6 Å². The lowest BCUT2D eigenvalue weighted by Crippen LogP contribution is -2.15. The number of carbonyl (C=O) groups excluding carboxylic acids is 1. The summed E-state index contributed by atoms with van der Waals surface area (Å²) in [6.07, 6.45) is 0. The Labute approximate surface area is 210 Å². The highest BCUT2D eigenvalue weighted by atomic mass is 35.5. The fraction of sp³-hybridized carbons (Fsp3) is 0.0455. The van der Waals surface area contributed by atoms with Crippen molar-refractivity contribution in [3.05, 3.63) is 82.8 Å². The van der Waals surface area contributed by atoms with E-state index in [0.717, 1.165) is 11.3 Å². The molecule has 8 nitrogen and oxygen atoms in total. The molecule has 0 aliphatic heterocycles. The summed E-state index contributed by atoms with van der Waals surface area (Å²) in [6.45, 7) is 0. The smallest absolute Gasteiger partial charge is 0.238 e. The number of sulfonamides is 1. The normalized spacial score (nSPS) is 11.4. The van der Waals surface area contributed by atoms with Crippen LogP contribution in [0.15, 0.2) is 82.8 Å². The van der Waals surface area contributed by atoms with E-state index in [0.29, 0.717) is 26.7 Å². The number of nitrogens with zero attached hydrogens (tertiary/aromatic N) is 3. The van der Waals surface area contributed by atoms with Crippen LogP contribution in [-0.2, 0) is 14.8 Å². The van der Waals surface area contributed by atoms with Crippen molar-refractivity contribution in [2.45, 2.75) is 10.1 Å². The van der Waals surface area contributed by atoms with E-state index in [-0.39, 0.29) is 16.6 Å². The second-order valence-corrected chi connectivity index (χ2v) is 10.4. The molecule has 0 atom stereocenters. The molecule has 3 aromatic carbocycles. The number of thioether (sulfide) groups is 1. The van der Waals surface area contributed by atoms with Crippen molar-refractivity contribution in [3.63, 3.8) is 0 Å². The molecule has 0 saturated heterocycles. The molecular formula is C22H17Cl2N5O3S2. The van der Waals surface area contributed by atoms with Crippen molar-refractivity contribution in [3.8, 4) is 17.1 Å². The molecule has 0 saturated carbocycles. The number of benzene rings is 3. The van der Waals surface area contributed by atoms with Crippen LogP contribution < -0.4 is 10.5 Å². The summed E-state index contributed by atoms with van der Waals surface area (Å²) in [6, 6.07) is 20.0. The predicted molar refractivity (Wildman–Crippen MR) is 134 cm³/mol. The Bertz CT molecular complexity index is 1440. The van der Waals surface area contributed by atoms with Crippen molar-refractivity contribution in [1.82, 2.24) is 14.8 Å². The molecule has 12 heteroatoms. The van der Waals surface area contributed by atoms with Gasteiger partial charge < -0.3 is 5.32 Å². The number of amides is 1. The summed E-state index contributed by atoms with van der Waals surface area (Å²) >= 11 is 13.4. The Kier molecular flexibility index (Phi) is 7.24. The number of halogens is 2. The van der Waals surface area contributed by atoms with Gasteiger partial charge in [-0.15, -0.1) is 10.2 Å². The summed E-state index contributed by atoms with van der Waals surface area (Å²) in [4.78, 5) is 12.5. The standard InChI is InChI=1S/C22H17Cl2N5O3S2/c23-15-4-8-18(9-5-15)29-21(14-2-1-3-16(24)12-14)27-28-22(29)33-13-20(30)26-17-6-10-19(11-7-17)34(25,31)32/h1-12H,13H2,(H,26,30)(H2,25,31,32). The zero-order valence-corrected chi connectivity index (χ0v) is 20.5. The number of primary sulfonamides is 1. The van der Waals surface area contributed by atoms with E-state index in [2.05, 4.69) is 15.5 Å². The SMILES string of the molecule is NS(=O)(=O)c1ccc(NC(=O)CSc2nnc(-c3cccc(Cl)c3)n2-c2ccc(Cl)cc2)cc1. The third kappa shape index (κ3) is 5.78. The van der Waals surface area contributed by atoms with Crippen LogP contribution in [0.3, 0.4) is 0 Å². The van der Waals surface area contributed by atoms with Crippen molar-refractivity contribution >= 4 is 56.6 Å². The van der Waals surface area contributed by atoms with Gasteiger partial charge in [-0.2, -0.15) is 0 Å². The highest BCUT2D eigenvalue weighted by molar-refractivity contribution is 7.99. The summed E-state index contributed by atoms with van der Waals surface area (Å²) < 4.78 is 24.6. The van der Waals surface area contributed by atoms with Crippen LogP contribution in [0, 0.1) is 0 Å². The summed E-state index contributed by atoms with van der Waals surface area (Å²) in [7, 11) is -3.80. The summed E-state index contributed by atoms with van der Waals surface area (Å²) in [5.74, 6) is 0.299. The topological polar surface area (TPSA) is 120 Å². The van der Waals surface area contributed by atoms with E-state index in [1.54, 1.807) is 24.3 Å². The number of rotatable bonds is 7. The van der Waals surface area contributed by atoms with Crippen molar-refractivity contribution < 1.29 is 13.2 Å². The molecule has 1 heterocycles. The zero-order chi connectivity index (χ0) is 24.3. The molecule has 4 rings (SSSR count). The first-order valence-electron chi connectivity index (χ1n) is 9.73. The predicted octanol–water partition coefficient (Wildman–Crippen LogP) is 4.62. The first kappa shape index (κ1) is 24.2. The Hall–Kier alpha value is -2.89. The van der Waals surface area contributed by atoms with Crippen LogP contribution in [0.4, 0.5) is 5.69 Å². The number of carbonyl (C=O) groups is 1. The van der Waals surface area contributed by atoms with Gasteiger partial charge in [0.25, 0.3) is 0 Å². The second-order valence-electron chi connectivity index (χ2n) is 7.03. The van der Waals surface area contributed by atoms with Gasteiger partial charge in [0.05, 0.1) is 10.6 Å². The number of hydrogen-bond donors (Lipinski definition) is 2. The fourth-order valence-electron chi connectivity index (χ4n) is 3.06. The number of nitrogens with two attached hydrogens (primary N) is 1. The first-order chi connectivity index (χ1) is 16.2. The van der Waals surface area contributed by atoms with Crippen molar-refractivity contribution in [1.29, 1.82) is 0 Å². The second kappa shape index (κ2) is 10.2. The fourth-order valence-corrected chi connectivity index (χ4v) is 4.64. The number of anilines is 1. The van der Waals surface area contributed by atoms with Crippen molar-refractivity contribution in [2.24, 2.45) is 5.14 Å². The van der Waals surface area contributed by atoms with Gasteiger partial charge in [0.2, 0.25) is 15.9 Å². The molecule has 0 aliphatic carbocycles. The summed E-state index contributed by atoms with van der Waals surface area (Å²) in [5.41, 5.74) is 1.98. The quantitative estimate of drug-likeness (QED) is 0.334. The van der Waals surface area contributed by atoms with Gasteiger partial charge in [0, 0.05) is 27.0 Å². The Morgan fingerprint density at radius 1 is 0.971 bits per heavy atom. The number of hydrogen-bond acceptors (Lipinski definition) is 6. The van der Waals surface area contributed by atoms with Crippen LogP contribution >= 0.6 is 35.0 Å². The van der Waals surface area contributed by atoms with Crippen LogP contribution in [0.2, 0.25) is 10.0 Å². The lowest BCUT2D eigenvalue weighted by atomic mass is 10.2. The molecule has 0 unspecified atom stereocenters. The third-order valence-corrected chi connectivity index (χ3v) is 6.95. The van der Waals surface area contributed by atoms with Gasteiger partial charge in [-0.1, -0.05) is 47.1 Å². The van der Waals surface area contributed by atoms with E-state index < -0.39 is 10.0 Å². The number of aromatic nitrogens is 3. The Morgan fingerprint density at radius 3 is 2.32 bits per heavy atom. The molecule has 0 aliphatic rings. The highest BCUT2D eigenvalue weighted by Crippen LogP contribution is 2.30. The molecule has 0 fully saturated rings. The average Bonchev–Trinajstić information content (AvgIpc) is 3.22. The molecule has 4 aromatic rings. The number of nitrogens with one attached hydrogen (secondary N) is 1. The van der Waals surface area contributed by atoms with Crippen LogP contribution in [0.1, 0.15) is 0 Å². The van der Waals surface area contributed by atoms with E-state index in [4.69, 9.17) is 28.3 Å². The molecule has 174 valence electrons. The maximum atomic E-state index is 12.5. The minimum Gasteiger partial charge on any atom is -0.325 e. The molecule has 1 aromatic heterocycles. The maximum Gasteiger partial charge on any atom is 0.238 e. The van der Waals surface area contributed by atoms with Gasteiger partial charge in [0.15, 0.2) is 11.0 Å². The molecule has 0 radical (unpaired) electrons. The Morgan fingerprint density at radius 2 is 1.68 bits per heavy atom. The largest absolute Gasteiger partial charge is 0.325 e. The van der Waals surface area contributed by atoms with Crippen molar-refractivity contribution in [2.75, 3.05) is 11.1 Å². The van der Waals surface area contributed by atoms with Crippen LogP contribution in [0.5, 0.6) is 0 Å². The monoisotopic (exact) mass is 533 g/mol. The maximum absolute atomic E-state index is 12.5. The minimum atomic E-state index is -3.80. The molecule has 0 bridgehead atoms. The molecule has 0 spiro atoms. The van der Waals surface area contributed by atoms with E-state index in [9.17, 15) is 13.2 Å². The highest BCUT2D eigenvalue weighted by Gasteiger charge is 2.18. The van der Waals surface area contributed by atoms with E-state index in [1.165, 1.54) is 36.0 Å². The third-order valence-electron chi connectivity index (χ3n) is 4.60. The Balaban J connectivity index is 1.56. The van der Waals surface area contributed by atoms with Gasteiger partial charge in [0.1, 0.15) is 0 Å². The zero-order valence-electron chi connectivity index (χ0n) is 17.4. The average molecular weight is 534 g/mol. The lowest BCUT2D eigenvalue weighted by molar-refractivity contribution is -0.113. The first-order valence-corrected chi connectivity index (χ1v) is 13.0. The van der Waals surface area contributed by atoms with E-state index >= 15 is 0 Å². The van der Waals surface area contributed by atoms with Gasteiger partial charge >= 0.3 is 0 Å². The molecule has 3 N–H and O–H groups in total. The molecule has 34 heavy (non-hydrogen) atoms. The van der Waals surface area contributed by atoms with Gasteiger partial charge in [-0.05, 0) is 60.7 Å². The van der Waals surface area contributed by atoms with E-state index in [1.807, 2.05) is 28.8 Å². The molecule has 1 amide bonds. The lowest BCUT2D eigenvalue weighted by Gasteiger charge is -2.11. The molecular weight excluding hydrogens is 517 g/mol. The van der Waals surface area contributed by atoms with Crippen LogP contribution in [0.25, 0.3) is 17.1 Å². The van der Waals surface area contributed by atoms with Gasteiger partial charge in [-0.3, -0.25) is 9.36 Å².